The average Bonchev–Trinajstić information content (AvgIpc) is 2.68. The summed E-state index contributed by atoms with van der Waals surface area (Å²) in [6.45, 7) is 7.78. The highest BCUT2D eigenvalue weighted by molar-refractivity contribution is 6.04. The summed E-state index contributed by atoms with van der Waals surface area (Å²) < 4.78 is 5.87. The highest BCUT2D eigenvalue weighted by atomic mass is 16.6. The number of carbonyl (C=O) groups excluding carboxylic acids is 1. The minimum Gasteiger partial charge on any atom is -0.393 e. The van der Waals surface area contributed by atoms with Crippen LogP contribution in [0, 0.1) is 34.0 Å². The van der Waals surface area contributed by atoms with Gasteiger partial charge in [-0.2, -0.15) is 0 Å². The van der Waals surface area contributed by atoms with Gasteiger partial charge < -0.3 is 25.2 Å². The van der Waals surface area contributed by atoms with Crippen LogP contribution in [-0.2, 0) is 9.53 Å². The van der Waals surface area contributed by atoms with E-state index in [2.05, 4.69) is 6.58 Å². The third-order valence-electron chi connectivity index (χ3n) is 8.94. The average molecular weight is 364 g/mol. The highest BCUT2D eigenvalue weighted by Gasteiger charge is 2.82. The van der Waals surface area contributed by atoms with Crippen LogP contribution in [0.15, 0.2) is 12.2 Å². The molecular weight excluding hydrogens is 336 g/mol. The van der Waals surface area contributed by atoms with Crippen LogP contribution < -0.4 is 0 Å². The van der Waals surface area contributed by atoms with Crippen molar-refractivity contribution in [2.24, 2.45) is 34.0 Å². The van der Waals surface area contributed by atoms with Gasteiger partial charge in [0.15, 0.2) is 12.1 Å². The molecule has 0 aromatic rings. The zero-order valence-corrected chi connectivity index (χ0v) is 15.3. The maximum Gasteiger partial charge on any atom is 0.170 e. The third-order valence-corrected chi connectivity index (χ3v) is 8.94. The first-order chi connectivity index (χ1) is 12.1. The molecule has 0 aromatic carbocycles. The number of fused-ring (bicyclic) bond motifs is 2. The zero-order valence-electron chi connectivity index (χ0n) is 15.3. The number of ether oxygens (including phenoxy) is 1. The van der Waals surface area contributed by atoms with Gasteiger partial charge in [0.25, 0.3) is 0 Å². The van der Waals surface area contributed by atoms with E-state index in [0.29, 0.717) is 31.3 Å². The Balaban J connectivity index is 1.76. The van der Waals surface area contributed by atoms with Crippen molar-refractivity contribution < 1.29 is 30.0 Å². The largest absolute Gasteiger partial charge is 0.393 e. The van der Waals surface area contributed by atoms with E-state index in [4.69, 9.17) is 4.74 Å². The Labute approximate surface area is 152 Å². The lowest BCUT2D eigenvalue weighted by molar-refractivity contribution is -0.414. The van der Waals surface area contributed by atoms with E-state index in [0.717, 1.165) is 0 Å². The number of Topliss-reactive ketones (excluding diaryl/α,β-unsaturated/α-hetero) is 1. The molecule has 0 aromatic heterocycles. The minimum absolute atomic E-state index is 0.199. The first-order valence-electron chi connectivity index (χ1n) is 9.74. The maximum atomic E-state index is 13.3. The molecule has 4 aliphatic carbocycles. The maximum absolute atomic E-state index is 13.3. The standard InChI is InChI=1S/C20H28O6/c1-8-9-4-5-10-19-7-6-11(21)18(2,3)13(19)12(22)16(26-17(19)25)20(10,14(8)23)15(9)24/h9-13,15-17,21-22,24-25H,1,4-7H2,2-3H3. The molecule has 6 heteroatoms. The van der Waals surface area contributed by atoms with Crippen molar-refractivity contribution in [2.45, 2.75) is 70.2 Å². The van der Waals surface area contributed by atoms with Crippen molar-refractivity contribution in [1.82, 2.24) is 0 Å². The van der Waals surface area contributed by atoms with E-state index in [1.807, 2.05) is 13.8 Å². The molecule has 10 unspecified atom stereocenters. The fourth-order valence-corrected chi connectivity index (χ4v) is 7.92. The van der Waals surface area contributed by atoms with E-state index in [9.17, 15) is 25.2 Å². The fourth-order valence-electron chi connectivity index (χ4n) is 7.92. The molecule has 4 N–H and O–H groups in total. The quantitative estimate of drug-likeness (QED) is 0.463. The van der Waals surface area contributed by atoms with E-state index in [1.54, 1.807) is 0 Å². The summed E-state index contributed by atoms with van der Waals surface area (Å²) in [7, 11) is 0. The van der Waals surface area contributed by atoms with Crippen LogP contribution in [0.2, 0.25) is 0 Å². The smallest absolute Gasteiger partial charge is 0.170 e. The molecule has 0 radical (unpaired) electrons. The number of ketones is 1. The van der Waals surface area contributed by atoms with E-state index in [-0.39, 0.29) is 17.6 Å². The molecule has 144 valence electrons. The summed E-state index contributed by atoms with van der Waals surface area (Å²) >= 11 is 0. The molecule has 4 saturated carbocycles. The van der Waals surface area contributed by atoms with Gasteiger partial charge in [0.2, 0.25) is 0 Å². The van der Waals surface area contributed by atoms with Gasteiger partial charge in [-0.05, 0) is 42.6 Å². The van der Waals surface area contributed by atoms with Crippen LogP contribution in [0.5, 0.6) is 0 Å². The SMILES string of the molecule is C=C1C(=O)C23C(O)C1CCC2C12CCC(O)C(C)(C)C1C(O)C3OC2O. The van der Waals surface area contributed by atoms with Gasteiger partial charge in [-0.15, -0.1) is 0 Å². The molecule has 4 bridgehead atoms. The fraction of sp³-hybridized carbons (Fsp3) is 0.850. The second kappa shape index (κ2) is 4.78. The zero-order chi connectivity index (χ0) is 18.8. The Morgan fingerprint density at radius 1 is 1.12 bits per heavy atom. The first-order valence-corrected chi connectivity index (χ1v) is 9.74. The van der Waals surface area contributed by atoms with Gasteiger partial charge >= 0.3 is 0 Å². The molecule has 6 rings (SSSR count). The first kappa shape index (κ1) is 17.3. The molecule has 6 aliphatic rings. The number of hydrogen-bond donors (Lipinski definition) is 4. The van der Waals surface area contributed by atoms with Crippen molar-refractivity contribution in [2.75, 3.05) is 0 Å². The summed E-state index contributed by atoms with van der Waals surface area (Å²) in [5, 5.41) is 44.0. The van der Waals surface area contributed by atoms with Gasteiger partial charge in [-0.3, -0.25) is 4.79 Å². The molecule has 10 atom stereocenters. The number of aliphatic hydroxyl groups is 4. The number of rotatable bonds is 0. The van der Waals surface area contributed by atoms with Crippen molar-refractivity contribution in [3.8, 4) is 0 Å². The monoisotopic (exact) mass is 364 g/mol. The van der Waals surface area contributed by atoms with Crippen molar-refractivity contribution >= 4 is 5.78 Å². The molecule has 2 heterocycles. The van der Waals surface area contributed by atoms with Gasteiger partial charge in [0.05, 0.1) is 23.7 Å². The van der Waals surface area contributed by atoms with Crippen LogP contribution >= 0.6 is 0 Å². The van der Waals surface area contributed by atoms with Crippen LogP contribution in [-0.4, -0.2) is 56.9 Å². The Hall–Kier alpha value is -0.790. The summed E-state index contributed by atoms with van der Waals surface area (Å²) in [6, 6.07) is 0. The molecule has 2 spiro atoms. The van der Waals surface area contributed by atoms with Gasteiger partial charge in [0.1, 0.15) is 6.10 Å². The highest BCUT2D eigenvalue weighted by Crippen LogP contribution is 2.75. The summed E-state index contributed by atoms with van der Waals surface area (Å²) in [4.78, 5) is 13.3. The molecule has 6 nitrogen and oxygen atoms in total. The molecule has 26 heavy (non-hydrogen) atoms. The lowest BCUT2D eigenvalue weighted by Gasteiger charge is -2.73. The second-order valence-corrected chi connectivity index (χ2v) is 9.83. The summed E-state index contributed by atoms with van der Waals surface area (Å²) in [5.74, 6) is -1.16. The second-order valence-electron chi connectivity index (χ2n) is 9.83. The predicted molar refractivity (Wildman–Crippen MR) is 90.6 cm³/mol. The summed E-state index contributed by atoms with van der Waals surface area (Å²) in [5.41, 5.74) is -2.25. The van der Waals surface area contributed by atoms with Gasteiger partial charge in [-0.25, -0.2) is 0 Å². The lowest BCUT2D eigenvalue weighted by atomic mass is 9.36. The van der Waals surface area contributed by atoms with Crippen molar-refractivity contribution in [3.63, 3.8) is 0 Å². The van der Waals surface area contributed by atoms with Gasteiger partial charge in [-0.1, -0.05) is 20.4 Å². The normalized spacial score (nSPS) is 59.9. The van der Waals surface area contributed by atoms with Crippen LogP contribution in [0.3, 0.4) is 0 Å². The Morgan fingerprint density at radius 2 is 1.81 bits per heavy atom. The number of carbonyl (C=O) groups is 1. The Morgan fingerprint density at radius 3 is 2.50 bits per heavy atom. The molecule has 2 aliphatic heterocycles. The van der Waals surface area contributed by atoms with Crippen molar-refractivity contribution in [1.29, 1.82) is 0 Å². The number of aliphatic hydroxyl groups excluding tert-OH is 4. The van der Waals surface area contributed by atoms with Crippen molar-refractivity contribution in [3.05, 3.63) is 12.2 Å². The van der Waals surface area contributed by atoms with Gasteiger partial charge in [0, 0.05) is 17.3 Å². The van der Waals surface area contributed by atoms with E-state index in [1.165, 1.54) is 0 Å². The Kier molecular flexibility index (Phi) is 3.19. The predicted octanol–water partition coefficient (Wildman–Crippen LogP) is 0.374. The molecule has 0 amide bonds. The molecule has 6 fully saturated rings. The molecule has 2 saturated heterocycles. The minimum atomic E-state index is -1.21. The number of hydrogen-bond acceptors (Lipinski definition) is 6. The third kappa shape index (κ3) is 1.47. The Bertz CT molecular complexity index is 702. The van der Waals surface area contributed by atoms with Crippen LogP contribution in [0.25, 0.3) is 0 Å². The topological polar surface area (TPSA) is 107 Å². The lowest BCUT2D eigenvalue weighted by Crippen LogP contribution is -2.81. The van der Waals surface area contributed by atoms with E-state index < -0.39 is 52.9 Å². The van der Waals surface area contributed by atoms with E-state index >= 15 is 0 Å². The molecular formula is C20H28O6. The summed E-state index contributed by atoms with van der Waals surface area (Å²) in [6.07, 6.45) is -2.32. The van der Waals surface area contributed by atoms with Crippen LogP contribution in [0.1, 0.15) is 39.5 Å². The van der Waals surface area contributed by atoms with Crippen LogP contribution in [0.4, 0.5) is 0 Å².